The molecule has 4 heteroatoms. The molecule has 3 aromatic rings. The predicted octanol–water partition coefficient (Wildman–Crippen LogP) is 4.06. The Bertz CT molecular complexity index is 708. The van der Waals surface area contributed by atoms with Crippen molar-refractivity contribution in [2.45, 2.75) is 13.3 Å². The van der Waals surface area contributed by atoms with Crippen LogP contribution in [-0.2, 0) is 26.5 Å². The van der Waals surface area contributed by atoms with Crippen LogP contribution in [0.4, 0.5) is 0 Å². The van der Waals surface area contributed by atoms with E-state index < -0.39 is 0 Å². The number of aromatic nitrogens is 1. The van der Waals surface area contributed by atoms with Crippen molar-refractivity contribution >= 4 is 5.78 Å². The number of hydrogen-bond donors (Lipinski definition) is 1. The van der Waals surface area contributed by atoms with E-state index >= 15 is 0 Å². The maximum absolute atomic E-state index is 10.7. The summed E-state index contributed by atoms with van der Waals surface area (Å²) < 4.78 is 0. The van der Waals surface area contributed by atoms with E-state index in [9.17, 15) is 4.79 Å². The number of phenolic OH excluding ortho intramolecular Hbond substituents is 1. The summed E-state index contributed by atoms with van der Waals surface area (Å²) in [5, 5.41) is 9.06. The van der Waals surface area contributed by atoms with Crippen LogP contribution in [-0.4, -0.2) is 15.9 Å². The number of phenols is 1. The number of Topliss-reactive ketones (excluding diaryl/α,β-unsaturated/α-hetero) is 1. The number of ketones is 1. The number of rotatable bonds is 3. The fourth-order valence-electron chi connectivity index (χ4n) is 2.01. The van der Waals surface area contributed by atoms with Crippen LogP contribution in [0.25, 0.3) is 0 Å². The Balaban J connectivity index is 0.000000238. The quantitative estimate of drug-likeness (QED) is 0.440. The molecule has 0 bridgehead atoms. The molecule has 0 fully saturated rings. The van der Waals surface area contributed by atoms with Crippen LogP contribution in [0.15, 0.2) is 72.9 Å². The maximum Gasteiger partial charge on any atom is 0.163 e. The minimum Gasteiger partial charge on any atom is -0.507 e. The van der Waals surface area contributed by atoms with Gasteiger partial charge in [-0.05, 0) is 37.6 Å². The minimum absolute atomic E-state index is 0. The Morgan fingerprint density at radius 3 is 2.29 bits per heavy atom. The number of carbonyl (C=O) groups excluding carboxylic acids is 1. The average Bonchev–Trinajstić information content (AvgIpc) is 2.57. The van der Waals surface area contributed by atoms with E-state index in [1.165, 1.54) is 18.6 Å². The first-order chi connectivity index (χ1) is 11.2. The molecule has 1 N–H and O–H groups in total. The minimum atomic E-state index is -0.113. The Labute approximate surface area is 155 Å². The van der Waals surface area contributed by atoms with Crippen LogP contribution in [0.1, 0.15) is 28.5 Å². The summed E-state index contributed by atoms with van der Waals surface area (Å²) in [6, 6.07) is 23.6. The molecule has 125 valence electrons. The largest absolute Gasteiger partial charge is 0.507 e. The number of para-hydroxylation sites is 1. The molecule has 0 saturated carbocycles. The molecule has 3 nitrogen and oxygen atoms in total. The van der Waals surface area contributed by atoms with E-state index in [2.05, 4.69) is 17.1 Å². The maximum atomic E-state index is 10.7. The van der Waals surface area contributed by atoms with Gasteiger partial charge in [-0.25, -0.2) is 0 Å². The van der Waals surface area contributed by atoms with Crippen LogP contribution >= 0.6 is 0 Å². The SMILES string of the molecule is CC(=O)c1ccccc1O.[Ir].[c-]1ccccc1Cc1ccccn1. The second kappa shape index (κ2) is 10.5. The summed E-state index contributed by atoms with van der Waals surface area (Å²) in [5.41, 5.74) is 2.65. The molecular formula is C20H18IrNO2-. The number of pyridine rings is 1. The van der Waals surface area contributed by atoms with E-state index in [1.807, 2.05) is 42.6 Å². The zero-order chi connectivity index (χ0) is 16.5. The zero-order valence-corrected chi connectivity index (χ0v) is 15.7. The van der Waals surface area contributed by atoms with E-state index in [0.717, 1.165) is 12.1 Å². The average molecular weight is 497 g/mol. The molecule has 1 heterocycles. The first-order valence-corrected chi connectivity index (χ1v) is 7.31. The van der Waals surface area contributed by atoms with Gasteiger partial charge in [0.1, 0.15) is 5.75 Å². The van der Waals surface area contributed by atoms with Gasteiger partial charge in [0.05, 0.1) is 5.56 Å². The molecule has 3 rings (SSSR count). The molecule has 1 aromatic heterocycles. The number of carbonyl (C=O) groups is 1. The van der Waals surface area contributed by atoms with E-state index in [4.69, 9.17) is 5.11 Å². The summed E-state index contributed by atoms with van der Waals surface area (Å²) in [5.74, 6) is -0.0619. The number of nitrogens with zero attached hydrogens (tertiary/aromatic N) is 1. The van der Waals surface area contributed by atoms with Gasteiger partial charge in [-0.3, -0.25) is 9.78 Å². The fourth-order valence-corrected chi connectivity index (χ4v) is 2.01. The second-order valence-electron chi connectivity index (χ2n) is 4.96. The van der Waals surface area contributed by atoms with Gasteiger partial charge in [0.25, 0.3) is 0 Å². The van der Waals surface area contributed by atoms with Gasteiger partial charge in [-0.15, -0.1) is 0 Å². The van der Waals surface area contributed by atoms with Crippen molar-refractivity contribution < 1.29 is 30.0 Å². The van der Waals surface area contributed by atoms with Gasteiger partial charge in [-0.1, -0.05) is 18.2 Å². The first kappa shape index (κ1) is 19.8. The molecule has 0 saturated heterocycles. The third-order valence-electron chi connectivity index (χ3n) is 3.15. The van der Waals surface area contributed by atoms with Gasteiger partial charge in [0, 0.05) is 32.0 Å². The van der Waals surface area contributed by atoms with Crippen molar-refractivity contribution in [3.63, 3.8) is 0 Å². The van der Waals surface area contributed by atoms with E-state index in [-0.39, 0.29) is 31.6 Å². The number of aromatic hydroxyl groups is 1. The van der Waals surface area contributed by atoms with Crippen molar-refractivity contribution in [1.82, 2.24) is 4.98 Å². The molecule has 0 amide bonds. The second-order valence-corrected chi connectivity index (χ2v) is 4.96. The third kappa shape index (κ3) is 6.45. The fraction of sp³-hybridized carbons (Fsp3) is 0.100. The number of hydrogen-bond acceptors (Lipinski definition) is 3. The van der Waals surface area contributed by atoms with E-state index in [0.29, 0.717) is 5.56 Å². The molecule has 0 spiro atoms. The van der Waals surface area contributed by atoms with Crippen LogP contribution in [0.5, 0.6) is 5.75 Å². The molecule has 24 heavy (non-hydrogen) atoms. The summed E-state index contributed by atoms with van der Waals surface area (Å²) in [4.78, 5) is 15.0. The Kier molecular flexibility index (Phi) is 8.62. The van der Waals surface area contributed by atoms with Crippen molar-refractivity contribution in [3.05, 3.63) is 95.8 Å². The molecule has 1 radical (unpaired) electrons. The van der Waals surface area contributed by atoms with Gasteiger partial charge < -0.3 is 5.11 Å². The molecule has 0 atom stereocenters. The third-order valence-corrected chi connectivity index (χ3v) is 3.15. The number of benzene rings is 2. The van der Waals surface area contributed by atoms with Crippen LogP contribution in [0.2, 0.25) is 0 Å². The van der Waals surface area contributed by atoms with Crippen molar-refractivity contribution in [2.75, 3.05) is 0 Å². The van der Waals surface area contributed by atoms with Gasteiger partial charge in [0.15, 0.2) is 5.78 Å². The van der Waals surface area contributed by atoms with Gasteiger partial charge >= 0.3 is 0 Å². The van der Waals surface area contributed by atoms with Crippen molar-refractivity contribution in [1.29, 1.82) is 0 Å². The summed E-state index contributed by atoms with van der Waals surface area (Å²) in [7, 11) is 0. The van der Waals surface area contributed by atoms with Gasteiger partial charge in [0.2, 0.25) is 0 Å². The Morgan fingerprint density at radius 1 is 1.04 bits per heavy atom. The standard InChI is InChI=1S/C12H10N.C8H8O2.Ir/c1-2-6-11(7-3-1)10-12-8-4-5-9-13-12;1-6(9)7-4-2-3-5-8(7)10;/h1-6,8-9H,10H2;2-5,10H,1H3;/q-1;;. The van der Waals surface area contributed by atoms with Gasteiger partial charge in [-0.2, -0.15) is 35.9 Å². The Morgan fingerprint density at radius 2 is 1.75 bits per heavy atom. The topological polar surface area (TPSA) is 50.2 Å². The molecule has 0 unspecified atom stereocenters. The smallest absolute Gasteiger partial charge is 0.163 e. The van der Waals surface area contributed by atoms with Crippen LogP contribution in [0.3, 0.4) is 0 Å². The molecule has 0 aliphatic carbocycles. The molecular weight excluding hydrogens is 478 g/mol. The molecule has 0 aliphatic heterocycles. The Hall–Kier alpha value is -2.29. The summed E-state index contributed by atoms with van der Waals surface area (Å²) >= 11 is 0. The summed E-state index contributed by atoms with van der Waals surface area (Å²) in [6.07, 6.45) is 2.68. The van der Waals surface area contributed by atoms with Crippen molar-refractivity contribution in [3.8, 4) is 5.75 Å². The molecule has 2 aromatic carbocycles. The normalized spacial score (nSPS) is 9.21. The van der Waals surface area contributed by atoms with Crippen LogP contribution in [0, 0.1) is 6.07 Å². The zero-order valence-electron chi connectivity index (χ0n) is 13.3. The predicted molar refractivity (Wildman–Crippen MR) is 90.4 cm³/mol. The molecule has 0 aliphatic rings. The van der Waals surface area contributed by atoms with E-state index in [1.54, 1.807) is 18.2 Å². The first-order valence-electron chi connectivity index (χ1n) is 7.31. The summed E-state index contributed by atoms with van der Waals surface area (Å²) in [6.45, 7) is 1.43. The van der Waals surface area contributed by atoms with Crippen LogP contribution < -0.4 is 0 Å². The monoisotopic (exact) mass is 497 g/mol. The van der Waals surface area contributed by atoms with Crippen molar-refractivity contribution in [2.24, 2.45) is 0 Å².